The van der Waals surface area contributed by atoms with E-state index in [0.717, 1.165) is 6.07 Å². The third kappa shape index (κ3) is 2.57. The van der Waals surface area contributed by atoms with Gasteiger partial charge in [0.25, 0.3) is 5.91 Å². The molecule has 0 saturated carbocycles. The first-order chi connectivity index (χ1) is 8.58. The van der Waals surface area contributed by atoms with Gasteiger partial charge in [0.15, 0.2) is 0 Å². The van der Waals surface area contributed by atoms with Gasteiger partial charge in [-0.3, -0.25) is 4.79 Å². The van der Waals surface area contributed by atoms with Crippen LogP contribution >= 0.6 is 11.6 Å². The zero-order valence-corrected chi connectivity index (χ0v) is 9.78. The smallest absolute Gasteiger partial charge is 0.262 e. The number of aromatic nitrogens is 1. The summed E-state index contributed by atoms with van der Waals surface area (Å²) in [5.41, 5.74) is -0.0560. The van der Waals surface area contributed by atoms with E-state index in [0.29, 0.717) is 5.69 Å². The van der Waals surface area contributed by atoms with Crippen molar-refractivity contribution in [2.24, 2.45) is 0 Å². The Kier molecular flexibility index (Phi) is 3.43. The molecule has 0 saturated heterocycles. The number of anilines is 1. The highest BCUT2D eigenvalue weighted by atomic mass is 35.5. The molecular formula is C12H8ClFN2O2. The molecule has 0 aliphatic rings. The molecule has 1 amide bonds. The lowest BCUT2D eigenvalue weighted by atomic mass is 10.1. The van der Waals surface area contributed by atoms with E-state index in [2.05, 4.69) is 10.3 Å². The lowest BCUT2D eigenvalue weighted by Crippen LogP contribution is -2.14. The van der Waals surface area contributed by atoms with E-state index in [1.165, 1.54) is 30.5 Å². The number of phenols is 1. The first-order valence-corrected chi connectivity index (χ1v) is 5.36. The maximum absolute atomic E-state index is 13.4. The maximum atomic E-state index is 13.4. The Morgan fingerprint density at radius 1 is 1.33 bits per heavy atom. The van der Waals surface area contributed by atoms with Crippen LogP contribution in [0.15, 0.2) is 36.5 Å². The molecule has 1 heterocycles. The normalized spacial score (nSPS) is 10.1. The van der Waals surface area contributed by atoms with Crippen LogP contribution in [0.25, 0.3) is 0 Å². The molecule has 1 aromatic carbocycles. The van der Waals surface area contributed by atoms with Crippen molar-refractivity contribution < 1.29 is 14.3 Å². The molecule has 0 bridgehead atoms. The summed E-state index contributed by atoms with van der Waals surface area (Å²) in [5.74, 6) is -1.97. The van der Waals surface area contributed by atoms with Crippen LogP contribution in [0.3, 0.4) is 0 Å². The summed E-state index contributed by atoms with van der Waals surface area (Å²) in [5, 5.41) is 12.1. The summed E-state index contributed by atoms with van der Waals surface area (Å²) in [6.45, 7) is 0. The summed E-state index contributed by atoms with van der Waals surface area (Å²) in [7, 11) is 0. The predicted molar refractivity (Wildman–Crippen MR) is 65.3 cm³/mol. The number of carbonyl (C=O) groups is 1. The molecule has 1 aromatic heterocycles. The lowest BCUT2D eigenvalue weighted by molar-refractivity contribution is 0.102. The van der Waals surface area contributed by atoms with Gasteiger partial charge >= 0.3 is 0 Å². The average molecular weight is 267 g/mol. The van der Waals surface area contributed by atoms with E-state index >= 15 is 0 Å². The van der Waals surface area contributed by atoms with Crippen LogP contribution in [0.4, 0.5) is 10.1 Å². The van der Waals surface area contributed by atoms with Gasteiger partial charge < -0.3 is 10.4 Å². The van der Waals surface area contributed by atoms with Gasteiger partial charge in [0.05, 0.1) is 11.9 Å². The minimum Gasteiger partial charge on any atom is -0.507 e. The summed E-state index contributed by atoms with van der Waals surface area (Å²) in [6, 6.07) is 6.64. The standard InChI is InChI=1S/C12H8ClFN2O2/c13-10-5-4-7(6-15-10)16-12(18)11-8(14)2-1-3-9(11)17/h1-6,17H,(H,16,18). The number of benzene rings is 1. The van der Waals surface area contributed by atoms with Crippen LogP contribution < -0.4 is 5.32 Å². The number of phenolic OH excluding ortho intramolecular Hbond substituents is 1. The zero-order chi connectivity index (χ0) is 13.1. The van der Waals surface area contributed by atoms with E-state index in [1.54, 1.807) is 0 Å². The molecule has 2 N–H and O–H groups in total. The molecular weight excluding hydrogens is 259 g/mol. The molecule has 4 nitrogen and oxygen atoms in total. The van der Waals surface area contributed by atoms with E-state index in [1.807, 2.05) is 0 Å². The lowest BCUT2D eigenvalue weighted by Gasteiger charge is -2.07. The van der Waals surface area contributed by atoms with Crippen molar-refractivity contribution in [2.45, 2.75) is 0 Å². The van der Waals surface area contributed by atoms with Crippen LogP contribution in [0.5, 0.6) is 5.75 Å². The minimum atomic E-state index is -0.797. The van der Waals surface area contributed by atoms with Crippen LogP contribution in [-0.4, -0.2) is 16.0 Å². The Morgan fingerprint density at radius 3 is 2.72 bits per heavy atom. The number of halogens is 2. The van der Waals surface area contributed by atoms with Crippen LogP contribution in [-0.2, 0) is 0 Å². The third-order valence-corrected chi connectivity index (χ3v) is 2.43. The maximum Gasteiger partial charge on any atom is 0.262 e. The van der Waals surface area contributed by atoms with Crippen LogP contribution in [0.1, 0.15) is 10.4 Å². The third-order valence-electron chi connectivity index (χ3n) is 2.20. The Labute approximate surface area is 107 Å². The molecule has 18 heavy (non-hydrogen) atoms. The summed E-state index contributed by atoms with van der Waals surface area (Å²) in [4.78, 5) is 15.5. The highest BCUT2D eigenvalue weighted by molar-refractivity contribution is 6.29. The van der Waals surface area contributed by atoms with Gasteiger partial charge in [-0.2, -0.15) is 0 Å². The second kappa shape index (κ2) is 5.01. The number of amides is 1. The quantitative estimate of drug-likeness (QED) is 0.822. The first-order valence-electron chi connectivity index (χ1n) is 4.98. The fourth-order valence-electron chi connectivity index (χ4n) is 1.38. The fraction of sp³-hybridized carbons (Fsp3) is 0. The Morgan fingerprint density at radius 2 is 2.11 bits per heavy atom. The topological polar surface area (TPSA) is 62.2 Å². The van der Waals surface area contributed by atoms with E-state index in [9.17, 15) is 14.3 Å². The molecule has 0 radical (unpaired) electrons. The number of nitrogens with zero attached hydrogens (tertiary/aromatic N) is 1. The van der Waals surface area contributed by atoms with Gasteiger partial charge in [0.2, 0.25) is 0 Å². The number of nitrogens with one attached hydrogen (secondary N) is 1. The summed E-state index contributed by atoms with van der Waals surface area (Å²) < 4.78 is 13.4. The van der Waals surface area contributed by atoms with E-state index in [4.69, 9.17) is 11.6 Å². The SMILES string of the molecule is O=C(Nc1ccc(Cl)nc1)c1c(O)cccc1F. The van der Waals surface area contributed by atoms with Crippen molar-refractivity contribution in [3.63, 3.8) is 0 Å². The highest BCUT2D eigenvalue weighted by Crippen LogP contribution is 2.21. The minimum absolute atomic E-state index is 0.279. The van der Waals surface area contributed by atoms with Crippen molar-refractivity contribution >= 4 is 23.2 Å². The Balaban J connectivity index is 2.25. The van der Waals surface area contributed by atoms with Gasteiger partial charge in [-0.05, 0) is 24.3 Å². The molecule has 2 rings (SSSR count). The van der Waals surface area contributed by atoms with Gasteiger partial charge in [-0.1, -0.05) is 17.7 Å². The zero-order valence-electron chi connectivity index (χ0n) is 9.02. The summed E-state index contributed by atoms with van der Waals surface area (Å²) >= 11 is 5.59. The fourth-order valence-corrected chi connectivity index (χ4v) is 1.49. The van der Waals surface area contributed by atoms with Gasteiger partial charge in [-0.15, -0.1) is 0 Å². The summed E-state index contributed by atoms with van der Waals surface area (Å²) in [6.07, 6.45) is 1.33. The second-order valence-corrected chi connectivity index (χ2v) is 3.84. The molecule has 0 aliphatic heterocycles. The number of hydrogen-bond donors (Lipinski definition) is 2. The highest BCUT2D eigenvalue weighted by Gasteiger charge is 2.16. The molecule has 6 heteroatoms. The van der Waals surface area contributed by atoms with Crippen molar-refractivity contribution in [3.05, 3.63) is 53.1 Å². The van der Waals surface area contributed by atoms with Gasteiger partial charge in [-0.25, -0.2) is 9.37 Å². The molecule has 2 aromatic rings. The first kappa shape index (κ1) is 12.3. The van der Waals surface area contributed by atoms with Crippen molar-refractivity contribution in [1.29, 1.82) is 0 Å². The van der Waals surface area contributed by atoms with Crippen LogP contribution in [0.2, 0.25) is 5.15 Å². The van der Waals surface area contributed by atoms with E-state index < -0.39 is 23.0 Å². The van der Waals surface area contributed by atoms with Gasteiger partial charge in [0, 0.05) is 0 Å². The van der Waals surface area contributed by atoms with Gasteiger partial charge in [0.1, 0.15) is 22.3 Å². The number of rotatable bonds is 2. The van der Waals surface area contributed by atoms with E-state index in [-0.39, 0.29) is 5.15 Å². The number of aromatic hydroxyl groups is 1. The Hall–Kier alpha value is -2.14. The molecule has 92 valence electrons. The second-order valence-electron chi connectivity index (χ2n) is 3.46. The number of carbonyl (C=O) groups excluding carboxylic acids is 1. The Bertz CT molecular complexity index is 567. The van der Waals surface area contributed by atoms with Crippen molar-refractivity contribution in [2.75, 3.05) is 5.32 Å². The van der Waals surface area contributed by atoms with Crippen molar-refractivity contribution in [3.8, 4) is 5.75 Å². The molecule has 0 fully saturated rings. The molecule has 0 aliphatic carbocycles. The van der Waals surface area contributed by atoms with Crippen molar-refractivity contribution in [1.82, 2.24) is 4.98 Å². The number of hydrogen-bond acceptors (Lipinski definition) is 3. The monoisotopic (exact) mass is 266 g/mol. The molecule has 0 unspecified atom stereocenters. The predicted octanol–water partition coefficient (Wildman–Crippen LogP) is 2.83. The largest absolute Gasteiger partial charge is 0.507 e. The number of pyridine rings is 1. The van der Waals surface area contributed by atoms with Crippen LogP contribution in [0, 0.1) is 5.82 Å². The average Bonchev–Trinajstić information content (AvgIpc) is 2.32. The molecule has 0 spiro atoms. The molecule has 0 atom stereocenters.